The van der Waals surface area contributed by atoms with Crippen LogP contribution >= 0.6 is 11.9 Å². The molecule has 1 amide bonds. The van der Waals surface area contributed by atoms with Crippen molar-refractivity contribution in [2.75, 3.05) is 35.0 Å². The smallest absolute Gasteiger partial charge is 0.255 e. The average Bonchev–Trinajstić information content (AvgIpc) is 3.40. The maximum atomic E-state index is 13.7. The second-order valence-electron chi connectivity index (χ2n) is 11.4. The third-order valence-corrected chi connectivity index (χ3v) is 8.94. The Hall–Kier alpha value is -4.37. The molecule has 1 aliphatic heterocycles. The van der Waals surface area contributed by atoms with Gasteiger partial charge < -0.3 is 25.0 Å². The molecule has 0 bridgehead atoms. The number of carbonyl (C=O) groups excluding carboxylic acids is 1. The van der Waals surface area contributed by atoms with Crippen molar-refractivity contribution in [3.8, 4) is 11.4 Å². The van der Waals surface area contributed by atoms with Gasteiger partial charge in [-0.15, -0.1) is 0 Å². The van der Waals surface area contributed by atoms with Crippen LogP contribution in [0.15, 0.2) is 73.1 Å². The van der Waals surface area contributed by atoms with Crippen LogP contribution in [-0.4, -0.2) is 31.0 Å². The summed E-state index contributed by atoms with van der Waals surface area (Å²) in [6.07, 6.45) is 9.31. The van der Waals surface area contributed by atoms with Gasteiger partial charge in [-0.2, -0.15) is 5.10 Å². The van der Waals surface area contributed by atoms with Gasteiger partial charge in [0, 0.05) is 42.3 Å². The predicted molar refractivity (Wildman–Crippen MR) is 176 cm³/mol. The molecule has 3 aromatic carbocycles. The van der Waals surface area contributed by atoms with E-state index in [1.807, 2.05) is 42.7 Å². The van der Waals surface area contributed by atoms with Crippen LogP contribution in [0.1, 0.15) is 59.4 Å². The number of ether oxygens (including phenoxy) is 1. The molecule has 1 aliphatic carbocycles. The molecule has 0 atom stereocenters. The fraction of sp³-hybridized carbons (Fsp3) is 0.294. The highest BCUT2D eigenvalue weighted by molar-refractivity contribution is 7.99. The first-order valence-electron chi connectivity index (χ1n) is 14.7. The molecule has 4 N–H and O–H groups in total. The van der Waals surface area contributed by atoms with Crippen molar-refractivity contribution in [3.05, 3.63) is 101 Å². The number of hydrogen-bond donors (Lipinski definition) is 4. The predicted octanol–water partition coefficient (Wildman–Crippen LogP) is 6.53. The maximum absolute atomic E-state index is 13.7. The Morgan fingerprint density at radius 1 is 1.12 bits per heavy atom. The maximum Gasteiger partial charge on any atom is 0.255 e. The molecule has 0 radical (unpaired) electrons. The van der Waals surface area contributed by atoms with Crippen LogP contribution in [0.25, 0.3) is 11.4 Å². The lowest BCUT2D eigenvalue weighted by Crippen LogP contribution is -2.36. The molecule has 0 unspecified atom stereocenters. The first-order chi connectivity index (χ1) is 20.8. The Bertz CT molecular complexity index is 1690. The van der Waals surface area contributed by atoms with Crippen LogP contribution in [-0.2, 0) is 11.8 Å². The minimum atomic E-state index is -0.174. The van der Waals surface area contributed by atoms with Gasteiger partial charge in [0.2, 0.25) is 11.4 Å². The first kappa shape index (κ1) is 28.7. The van der Waals surface area contributed by atoms with Gasteiger partial charge >= 0.3 is 0 Å². The monoisotopic (exact) mass is 595 g/mol. The number of anilines is 3. The Labute approximate surface area is 257 Å². The molecule has 6 rings (SSSR count). The van der Waals surface area contributed by atoms with E-state index in [9.17, 15) is 4.79 Å². The number of H-pyrrole nitrogens is 1. The highest BCUT2D eigenvalue weighted by atomic mass is 32.2. The summed E-state index contributed by atoms with van der Waals surface area (Å²) in [5, 5.41) is 10.1. The highest BCUT2D eigenvalue weighted by Crippen LogP contribution is 2.51. The van der Waals surface area contributed by atoms with Gasteiger partial charge in [-0.1, -0.05) is 54.7 Å². The zero-order valence-corrected chi connectivity index (χ0v) is 26.2. The van der Waals surface area contributed by atoms with Crippen LogP contribution < -0.4 is 29.7 Å². The molecule has 1 saturated carbocycles. The number of para-hydroxylation sites is 1. The second-order valence-corrected chi connectivity index (χ2v) is 12.0. The summed E-state index contributed by atoms with van der Waals surface area (Å²) in [6, 6.07) is 20.4. The zero-order valence-electron chi connectivity index (χ0n) is 25.4. The summed E-state index contributed by atoms with van der Waals surface area (Å²) >= 11 is 1.50. The molecule has 8 nitrogen and oxygen atoms in total. The quantitative estimate of drug-likeness (QED) is 0.123. The van der Waals surface area contributed by atoms with E-state index in [2.05, 4.69) is 87.5 Å². The van der Waals surface area contributed by atoms with Crippen LogP contribution in [0.2, 0.25) is 0 Å². The van der Waals surface area contributed by atoms with Crippen LogP contribution in [0.3, 0.4) is 0 Å². The highest BCUT2D eigenvalue weighted by Gasteiger charge is 2.40. The van der Waals surface area contributed by atoms with Gasteiger partial charge in [-0.3, -0.25) is 4.79 Å². The van der Waals surface area contributed by atoms with Gasteiger partial charge in [-0.05, 0) is 60.6 Å². The standard InChI is InChI=1S/C34H38N6O2S/c1-6-30-26(19-36-40(30)25-10-8-7-9-11-25)29-20-39(21-35-29)31-16-23(13-12-22(31)2)33(41)37-27-17-24(34(3)14-15-34)18-28(38-43-5)32(27)42-4/h7-13,16-20,35,38H,6,14-15,21H2,1-5H3,(H,37,41)/p+1. The Morgan fingerprint density at radius 3 is 2.58 bits per heavy atom. The van der Waals surface area contributed by atoms with Gasteiger partial charge in [0.05, 0.1) is 42.6 Å². The Morgan fingerprint density at radius 2 is 1.88 bits per heavy atom. The molecule has 0 spiro atoms. The molecule has 2 heterocycles. The molecular weight excluding hydrogens is 556 g/mol. The molecule has 9 heteroatoms. The molecule has 43 heavy (non-hydrogen) atoms. The summed E-state index contributed by atoms with van der Waals surface area (Å²) in [5.41, 5.74) is 10.0. The second kappa shape index (κ2) is 11.7. The van der Waals surface area contributed by atoms with E-state index in [1.54, 1.807) is 7.11 Å². The lowest BCUT2D eigenvalue weighted by molar-refractivity contribution is -0.662. The normalized spacial score (nSPS) is 15.1. The van der Waals surface area contributed by atoms with Crippen LogP contribution in [0.5, 0.6) is 5.75 Å². The number of rotatable bonds is 10. The number of carbonyl (C=O) groups is 1. The van der Waals surface area contributed by atoms with E-state index in [4.69, 9.17) is 4.74 Å². The van der Waals surface area contributed by atoms with Gasteiger partial charge in [0.25, 0.3) is 5.91 Å². The molecule has 4 aromatic rings. The summed E-state index contributed by atoms with van der Waals surface area (Å²) < 4.78 is 11.2. The zero-order chi connectivity index (χ0) is 30.1. The fourth-order valence-electron chi connectivity index (χ4n) is 5.74. The van der Waals surface area contributed by atoms with Gasteiger partial charge in [0.1, 0.15) is 0 Å². The minimum absolute atomic E-state index is 0.141. The third-order valence-electron chi connectivity index (χ3n) is 8.51. The summed E-state index contributed by atoms with van der Waals surface area (Å²) in [4.78, 5) is 15.8. The number of benzene rings is 3. The molecule has 2 aliphatic rings. The van der Waals surface area contributed by atoms with E-state index < -0.39 is 0 Å². The number of methoxy groups -OCH3 is 1. The summed E-state index contributed by atoms with van der Waals surface area (Å²) in [7, 11) is 1.64. The van der Waals surface area contributed by atoms with Crippen LogP contribution in [0, 0.1) is 6.92 Å². The number of aryl methyl sites for hydroxylation is 1. The SMILES string of the molecule is CCc1c(C2=CN(c3cc(C(=O)Nc4cc(C5(C)CC5)cc(NSC)c4OC)ccc3C)CN2)c[nH][n+]1-c1ccccc1. The van der Waals surface area contributed by atoms with Crippen molar-refractivity contribution in [3.63, 3.8) is 0 Å². The fourth-order valence-corrected chi connectivity index (χ4v) is 6.12. The molecular formula is C34H39N6O2S+. The summed E-state index contributed by atoms with van der Waals surface area (Å²) in [6.45, 7) is 7.11. The van der Waals surface area contributed by atoms with E-state index in [0.717, 1.165) is 53.1 Å². The average molecular weight is 596 g/mol. The van der Waals surface area contributed by atoms with Gasteiger partial charge in [0.15, 0.2) is 5.75 Å². The van der Waals surface area contributed by atoms with Crippen molar-refractivity contribution < 1.29 is 14.2 Å². The molecule has 222 valence electrons. The van der Waals surface area contributed by atoms with E-state index in [-0.39, 0.29) is 11.3 Å². The third kappa shape index (κ3) is 5.57. The molecule has 0 saturated heterocycles. The topological polar surface area (TPSA) is 85.3 Å². The van der Waals surface area contributed by atoms with Crippen molar-refractivity contribution >= 4 is 40.6 Å². The largest absolute Gasteiger partial charge is 0.492 e. The van der Waals surface area contributed by atoms with Crippen molar-refractivity contribution in [2.24, 2.45) is 0 Å². The van der Waals surface area contributed by atoms with E-state index in [0.29, 0.717) is 23.7 Å². The van der Waals surface area contributed by atoms with Crippen molar-refractivity contribution in [1.29, 1.82) is 0 Å². The molecule has 1 aromatic heterocycles. The first-order valence-corrected chi connectivity index (χ1v) is 15.9. The number of hydrogen-bond acceptors (Lipinski definition) is 6. The van der Waals surface area contributed by atoms with Crippen molar-refractivity contribution in [2.45, 2.75) is 45.4 Å². The Balaban J connectivity index is 1.28. The van der Waals surface area contributed by atoms with E-state index in [1.165, 1.54) is 23.2 Å². The van der Waals surface area contributed by atoms with Crippen molar-refractivity contribution in [1.82, 2.24) is 10.4 Å². The number of amides is 1. The molecule has 1 fully saturated rings. The number of nitrogens with zero attached hydrogens (tertiary/aromatic N) is 2. The van der Waals surface area contributed by atoms with Crippen LogP contribution in [0.4, 0.5) is 17.1 Å². The lowest BCUT2D eigenvalue weighted by Gasteiger charge is -2.20. The number of aromatic amines is 1. The van der Waals surface area contributed by atoms with Gasteiger partial charge in [-0.25, -0.2) is 0 Å². The minimum Gasteiger partial charge on any atom is -0.492 e. The Kier molecular flexibility index (Phi) is 7.83. The van der Waals surface area contributed by atoms with E-state index >= 15 is 0 Å². The summed E-state index contributed by atoms with van der Waals surface area (Å²) in [5.74, 6) is 0.456. The number of aromatic nitrogens is 2. The lowest BCUT2D eigenvalue weighted by atomic mass is 9.96. The number of nitrogens with one attached hydrogen (secondary N) is 4.